The lowest BCUT2D eigenvalue weighted by Gasteiger charge is -2.16. The van der Waals surface area contributed by atoms with Crippen LogP contribution in [-0.4, -0.2) is 10.6 Å². The van der Waals surface area contributed by atoms with Gasteiger partial charge in [0, 0.05) is 11.1 Å². The highest BCUT2D eigenvalue weighted by molar-refractivity contribution is 5.86. The number of hydrogen-bond acceptors (Lipinski definition) is 2. The zero-order valence-corrected chi connectivity index (χ0v) is 10.5. The van der Waals surface area contributed by atoms with Crippen LogP contribution in [0.1, 0.15) is 32.6 Å². The van der Waals surface area contributed by atoms with Crippen molar-refractivity contribution in [1.29, 1.82) is 0 Å². The van der Waals surface area contributed by atoms with Crippen molar-refractivity contribution in [2.45, 2.75) is 32.5 Å². The molecule has 1 heterocycles. The fraction of sp³-hybridized carbons (Fsp3) is 0.333. The largest absolute Gasteiger partial charge is 0.269 e. The van der Waals surface area contributed by atoms with Crippen LogP contribution in [0.2, 0.25) is 0 Å². The van der Waals surface area contributed by atoms with E-state index in [2.05, 4.69) is 68.3 Å². The summed E-state index contributed by atoms with van der Waals surface area (Å²) in [6, 6.07) is 14.8. The molecule has 1 aliphatic rings. The molecule has 2 aromatic rings. The average Bonchev–Trinajstić information content (AvgIpc) is 3.07. The van der Waals surface area contributed by atoms with Crippen LogP contribution < -0.4 is 0 Å². The Hall–Kier alpha value is -1.38. The first-order valence-corrected chi connectivity index (χ1v) is 6.01. The van der Waals surface area contributed by atoms with Crippen LogP contribution in [0.5, 0.6) is 0 Å². The second-order valence-corrected chi connectivity index (χ2v) is 5.52. The molecule has 2 atom stereocenters. The van der Waals surface area contributed by atoms with Gasteiger partial charge in [-0.15, -0.1) is 5.06 Å². The van der Waals surface area contributed by atoms with E-state index in [1.807, 2.05) is 0 Å². The molecule has 0 saturated carbocycles. The summed E-state index contributed by atoms with van der Waals surface area (Å²) in [5.41, 5.74) is 1.32. The summed E-state index contributed by atoms with van der Waals surface area (Å²) in [5.74, 6) is 0. The number of nitrogens with zero attached hydrogens (tertiary/aromatic N) is 1. The molecule has 1 unspecified atom stereocenters. The molecule has 2 aromatic carbocycles. The van der Waals surface area contributed by atoms with E-state index in [0.717, 1.165) is 0 Å². The number of fused-ring (bicyclic) bond motifs is 1. The van der Waals surface area contributed by atoms with Gasteiger partial charge in [0.1, 0.15) is 0 Å². The van der Waals surface area contributed by atoms with Crippen molar-refractivity contribution in [3.8, 4) is 0 Å². The Kier molecular flexibility index (Phi) is 2.25. The Morgan fingerprint density at radius 1 is 1.00 bits per heavy atom. The van der Waals surface area contributed by atoms with Crippen molar-refractivity contribution in [1.82, 2.24) is 5.06 Å². The van der Waals surface area contributed by atoms with E-state index in [-0.39, 0.29) is 11.8 Å². The highest BCUT2D eigenvalue weighted by Gasteiger charge is 2.46. The summed E-state index contributed by atoms with van der Waals surface area (Å²) in [6.45, 7) is 6.49. The first kappa shape index (κ1) is 10.8. The molecule has 1 saturated heterocycles. The van der Waals surface area contributed by atoms with Crippen molar-refractivity contribution in [3.63, 3.8) is 0 Å². The third-order valence-corrected chi connectivity index (χ3v) is 3.13. The summed E-state index contributed by atoms with van der Waals surface area (Å²) >= 11 is 0. The lowest BCUT2D eigenvalue weighted by Crippen LogP contribution is -2.25. The Labute approximate surface area is 102 Å². The average molecular weight is 227 g/mol. The van der Waals surface area contributed by atoms with Crippen molar-refractivity contribution in [2.24, 2.45) is 0 Å². The second kappa shape index (κ2) is 3.56. The summed E-state index contributed by atoms with van der Waals surface area (Å²) in [7, 11) is 0. The predicted molar refractivity (Wildman–Crippen MR) is 69.4 cm³/mol. The molecule has 17 heavy (non-hydrogen) atoms. The maximum atomic E-state index is 5.71. The minimum Gasteiger partial charge on any atom is -0.269 e. The van der Waals surface area contributed by atoms with Gasteiger partial charge in [0.05, 0.1) is 0 Å². The SMILES string of the molecule is CC(C)(C)N1O[C@@H]1c1cccc2ccccc12. The van der Waals surface area contributed by atoms with Crippen molar-refractivity contribution in [2.75, 3.05) is 0 Å². The molecule has 3 rings (SSSR count). The minimum absolute atomic E-state index is 0.0572. The molecule has 2 heteroatoms. The quantitative estimate of drug-likeness (QED) is 0.687. The zero-order valence-electron chi connectivity index (χ0n) is 10.5. The summed E-state index contributed by atoms with van der Waals surface area (Å²) in [5, 5.41) is 4.61. The number of rotatable bonds is 1. The van der Waals surface area contributed by atoms with E-state index in [1.54, 1.807) is 0 Å². The van der Waals surface area contributed by atoms with Crippen LogP contribution in [0.3, 0.4) is 0 Å². The van der Waals surface area contributed by atoms with Gasteiger partial charge in [0.25, 0.3) is 0 Å². The van der Waals surface area contributed by atoms with Crippen LogP contribution in [0.15, 0.2) is 42.5 Å². The molecule has 1 aliphatic heterocycles. The van der Waals surface area contributed by atoms with Crippen molar-refractivity contribution in [3.05, 3.63) is 48.0 Å². The highest BCUT2D eigenvalue weighted by Crippen LogP contribution is 2.45. The van der Waals surface area contributed by atoms with Gasteiger partial charge in [-0.3, -0.25) is 4.84 Å². The van der Waals surface area contributed by atoms with Crippen LogP contribution in [0.4, 0.5) is 0 Å². The van der Waals surface area contributed by atoms with E-state index < -0.39 is 0 Å². The molecule has 2 nitrogen and oxygen atoms in total. The summed E-state index contributed by atoms with van der Waals surface area (Å²) < 4.78 is 0. The van der Waals surface area contributed by atoms with Crippen LogP contribution in [0.25, 0.3) is 10.8 Å². The lowest BCUT2D eigenvalue weighted by molar-refractivity contribution is 0.101. The van der Waals surface area contributed by atoms with Crippen LogP contribution in [0, 0.1) is 0 Å². The van der Waals surface area contributed by atoms with Gasteiger partial charge in [0.2, 0.25) is 0 Å². The fourth-order valence-corrected chi connectivity index (χ4v) is 2.24. The molecule has 0 spiro atoms. The number of hydrogen-bond donors (Lipinski definition) is 0. The Morgan fingerprint density at radius 2 is 1.71 bits per heavy atom. The van der Waals surface area contributed by atoms with E-state index in [4.69, 9.17) is 4.84 Å². The van der Waals surface area contributed by atoms with Crippen molar-refractivity contribution >= 4 is 10.8 Å². The normalized spacial score (nSPS) is 23.9. The molecule has 0 radical (unpaired) electrons. The van der Waals surface area contributed by atoms with Crippen LogP contribution >= 0.6 is 0 Å². The molecule has 0 N–H and O–H groups in total. The highest BCUT2D eigenvalue weighted by atomic mass is 16.8. The van der Waals surface area contributed by atoms with Crippen LogP contribution in [-0.2, 0) is 4.84 Å². The third-order valence-electron chi connectivity index (χ3n) is 3.13. The standard InChI is InChI=1S/C15H17NO/c1-15(2,3)16-14(17-16)13-10-6-8-11-7-4-5-9-12(11)13/h4-10,14H,1-3H3/t14-,16?/m1/s1. The van der Waals surface area contributed by atoms with E-state index in [9.17, 15) is 0 Å². The van der Waals surface area contributed by atoms with Gasteiger partial charge in [-0.05, 0) is 31.5 Å². The minimum atomic E-state index is 0.0572. The van der Waals surface area contributed by atoms with Gasteiger partial charge in [-0.1, -0.05) is 42.5 Å². The second-order valence-electron chi connectivity index (χ2n) is 5.52. The number of benzene rings is 2. The predicted octanol–water partition coefficient (Wildman–Crippen LogP) is 3.88. The molecule has 1 fully saturated rings. The van der Waals surface area contributed by atoms with Gasteiger partial charge in [-0.2, -0.15) is 0 Å². The molecule has 88 valence electrons. The monoisotopic (exact) mass is 227 g/mol. The molecule has 0 aliphatic carbocycles. The maximum absolute atomic E-state index is 5.71. The summed E-state index contributed by atoms with van der Waals surface area (Å²) in [6.07, 6.45) is 0.112. The first-order chi connectivity index (χ1) is 8.07. The molecular formula is C15H17NO. The van der Waals surface area contributed by atoms with Gasteiger partial charge >= 0.3 is 0 Å². The smallest absolute Gasteiger partial charge is 0.181 e. The molecular weight excluding hydrogens is 210 g/mol. The van der Waals surface area contributed by atoms with Gasteiger partial charge in [0.15, 0.2) is 6.23 Å². The third kappa shape index (κ3) is 1.84. The van der Waals surface area contributed by atoms with E-state index in [1.165, 1.54) is 16.3 Å². The zero-order chi connectivity index (χ0) is 12.0. The summed E-state index contributed by atoms with van der Waals surface area (Å²) in [4.78, 5) is 5.71. The number of hydroxylamine groups is 2. The molecule has 0 bridgehead atoms. The van der Waals surface area contributed by atoms with Gasteiger partial charge in [-0.25, -0.2) is 0 Å². The Morgan fingerprint density at radius 3 is 2.41 bits per heavy atom. The van der Waals surface area contributed by atoms with Crippen molar-refractivity contribution < 1.29 is 4.84 Å². The van der Waals surface area contributed by atoms with Gasteiger partial charge < -0.3 is 0 Å². The lowest BCUT2D eigenvalue weighted by atomic mass is 10.0. The maximum Gasteiger partial charge on any atom is 0.181 e. The topological polar surface area (TPSA) is 15.5 Å². The first-order valence-electron chi connectivity index (χ1n) is 6.01. The van der Waals surface area contributed by atoms with E-state index >= 15 is 0 Å². The van der Waals surface area contributed by atoms with E-state index in [0.29, 0.717) is 0 Å². The fourth-order valence-electron chi connectivity index (χ4n) is 2.24. The Bertz CT molecular complexity index is 551. The molecule has 0 aromatic heterocycles. The molecule has 0 amide bonds. The Balaban J connectivity index is 2.03.